The minimum Gasteiger partial charge on any atom is -0.494 e. The molecule has 0 bridgehead atoms. The van der Waals surface area contributed by atoms with Crippen LogP contribution in [0.25, 0.3) is 0 Å². The molecule has 1 amide bonds. The van der Waals surface area contributed by atoms with E-state index < -0.39 is 0 Å². The van der Waals surface area contributed by atoms with Gasteiger partial charge in [0.25, 0.3) is 0 Å². The van der Waals surface area contributed by atoms with Crippen molar-refractivity contribution in [3.63, 3.8) is 0 Å². The highest BCUT2D eigenvalue weighted by atomic mass is 16.6. The second kappa shape index (κ2) is 8.59. The number of benzene rings is 1. The van der Waals surface area contributed by atoms with E-state index in [0.29, 0.717) is 12.5 Å². The van der Waals surface area contributed by atoms with Gasteiger partial charge in [-0.2, -0.15) is 0 Å². The largest absolute Gasteiger partial charge is 0.494 e. The minimum absolute atomic E-state index is 0.130. The summed E-state index contributed by atoms with van der Waals surface area (Å²) in [6.07, 6.45) is 10.5. The highest BCUT2D eigenvalue weighted by Gasteiger charge is 2.45. The van der Waals surface area contributed by atoms with Gasteiger partial charge in [0.05, 0.1) is 12.1 Å². The summed E-state index contributed by atoms with van der Waals surface area (Å²) < 4.78 is 11.0. The Hall–Kier alpha value is -1.71. The Morgan fingerprint density at radius 1 is 1.16 bits per heavy atom. The van der Waals surface area contributed by atoms with E-state index in [4.69, 9.17) is 9.47 Å². The standard InChI is InChI=1S/C21H31NO3/c1-2-3-4-5-6-7-14-24-19-10-8-17(9-11-19)18-12-13-21(15-18)16-25-20(23)22-21/h8-11,18H,2-7,12-16H2,1H3,(H,22,23)/t18-,21-/m1/s1. The SMILES string of the molecule is CCCCCCCCOc1ccc([C@@H]2CC[C@]3(COC(=O)N3)C2)cc1. The number of carbonyl (C=O) groups excluding carboxylic acids is 1. The first kappa shape index (κ1) is 18.1. The summed E-state index contributed by atoms with van der Waals surface area (Å²) >= 11 is 0. The molecule has 0 unspecified atom stereocenters. The molecule has 0 radical (unpaired) electrons. The molecule has 4 heteroatoms. The number of amides is 1. The molecule has 25 heavy (non-hydrogen) atoms. The van der Waals surface area contributed by atoms with Crippen molar-refractivity contribution in [1.82, 2.24) is 5.32 Å². The summed E-state index contributed by atoms with van der Waals surface area (Å²) in [4.78, 5) is 11.3. The minimum atomic E-state index is -0.265. The Labute approximate surface area is 151 Å². The molecule has 2 aliphatic rings. The molecule has 2 atom stereocenters. The van der Waals surface area contributed by atoms with E-state index in [1.54, 1.807) is 0 Å². The van der Waals surface area contributed by atoms with Crippen molar-refractivity contribution in [3.05, 3.63) is 29.8 Å². The second-order valence-corrected chi connectivity index (χ2v) is 7.61. The lowest BCUT2D eigenvalue weighted by Gasteiger charge is -2.20. The van der Waals surface area contributed by atoms with Crippen molar-refractivity contribution in [1.29, 1.82) is 0 Å². The first-order valence-corrected chi connectivity index (χ1v) is 9.88. The van der Waals surface area contributed by atoms with E-state index in [0.717, 1.165) is 38.0 Å². The summed E-state index contributed by atoms with van der Waals surface area (Å²) in [7, 11) is 0. The highest BCUT2D eigenvalue weighted by Crippen LogP contribution is 2.42. The van der Waals surface area contributed by atoms with Gasteiger partial charge in [-0.3, -0.25) is 0 Å². The van der Waals surface area contributed by atoms with Crippen molar-refractivity contribution >= 4 is 6.09 Å². The molecule has 1 saturated carbocycles. The van der Waals surface area contributed by atoms with E-state index in [1.165, 1.54) is 37.7 Å². The van der Waals surface area contributed by atoms with Crippen molar-refractivity contribution in [2.45, 2.75) is 76.2 Å². The van der Waals surface area contributed by atoms with Crippen LogP contribution in [0.15, 0.2) is 24.3 Å². The molecule has 138 valence electrons. The van der Waals surface area contributed by atoms with Gasteiger partial charge in [-0.1, -0.05) is 51.2 Å². The van der Waals surface area contributed by atoms with Crippen molar-refractivity contribution < 1.29 is 14.3 Å². The van der Waals surface area contributed by atoms with Gasteiger partial charge in [0.2, 0.25) is 0 Å². The molecule has 1 saturated heterocycles. The topological polar surface area (TPSA) is 47.6 Å². The second-order valence-electron chi connectivity index (χ2n) is 7.61. The number of ether oxygens (including phenoxy) is 2. The lowest BCUT2D eigenvalue weighted by molar-refractivity contribution is 0.172. The predicted molar refractivity (Wildman–Crippen MR) is 99.1 cm³/mol. The van der Waals surface area contributed by atoms with E-state index in [9.17, 15) is 4.79 Å². The number of hydrogen-bond donors (Lipinski definition) is 1. The number of cyclic esters (lactones) is 1. The van der Waals surface area contributed by atoms with Crippen LogP contribution in [0.5, 0.6) is 5.75 Å². The molecular weight excluding hydrogens is 314 g/mol. The van der Waals surface area contributed by atoms with Gasteiger partial charge in [0.15, 0.2) is 0 Å². The highest BCUT2D eigenvalue weighted by molar-refractivity contribution is 5.70. The zero-order valence-corrected chi connectivity index (χ0v) is 15.4. The Morgan fingerprint density at radius 3 is 2.64 bits per heavy atom. The first-order chi connectivity index (χ1) is 12.2. The molecule has 1 N–H and O–H groups in total. The van der Waals surface area contributed by atoms with Crippen LogP contribution in [0.4, 0.5) is 4.79 Å². The van der Waals surface area contributed by atoms with E-state index in [2.05, 4.69) is 36.5 Å². The van der Waals surface area contributed by atoms with E-state index in [-0.39, 0.29) is 11.6 Å². The zero-order chi connectivity index (χ0) is 17.5. The summed E-state index contributed by atoms with van der Waals surface area (Å²) in [5.74, 6) is 1.46. The predicted octanol–water partition coefficient (Wildman–Crippen LogP) is 5.17. The third-order valence-corrected chi connectivity index (χ3v) is 5.57. The molecule has 1 heterocycles. The number of unbranched alkanes of at least 4 members (excludes halogenated alkanes) is 5. The van der Waals surface area contributed by atoms with Crippen LogP contribution in [-0.2, 0) is 4.74 Å². The lowest BCUT2D eigenvalue weighted by Crippen LogP contribution is -2.40. The Bertz CT molecular complexity index is 557. The number of rotatable bonds is 9. The molecule has 4 nitrogen and oxygen atoms in total. The molecule has 1 aliphatic heterocycles. The van der Waals surface area contributed by atoms with E-state index >= 15 is 0 Å². The molecule has 1 spiro atoms. The maximum absolute atomic E-state index is 11.3. The Morgan fingerprint density at radius 2 is 1.92 bits per heavy atom. The van der Waals surface area contributed by atoms with Crippen LogP contribution in [0.1, 0.15) is 76.2 Å². The van der Waals surface area contributed by atoms with Gasteiger partial charge in [-0.25, -0.2) is 4.79 Å². The zero-order valence-electron chi connectivity index (χ0n) is 15.4. The molecule has 3 rings (SSSR count). The maximum atomic E-state index is 11.3. The third kappa shape index (κ3) is 4.90. The summed E-state index contributed by atoms with van der Waals surface area (Å²) in [6, 6.07) is 8.53. The van der Waals surface area contributed by atoms with Gasteiger partial charge in [0, 0.05) is 0 Å². The fourth-order valence-electron chi connectivity index (χ4n) is 4.06. The summed E-state index contributed by atoms with van der Waals surface area (Å²) in [6.45, 7) is 3.57. The van der Waals surface area contributed by atoms with Gasteiger partial charge >= 0.3 is 6.09 Å². The molecule has 1 aromatic rings. The van der Waals surface area contributed by atoms with Gasteiger partial charge in [0.1, 0.15) is 12.4 Å². The monoisotopic (exact) mass is 345 g/mol. The quantitative estimate of drug-likeness (QED) is 0.628. The average Bonchev–Trinajstić information content (AvgIpc) is 3.21. The van der Waals surface area contributed by atoms with E-state index in [1.807, 2.05) is 0 Å². The Balaban J connectivity index is 1.40. The normalized spacial score (nSPS) is 25.2. The average molecular weight is 345 g/mol. The first-order valence-electron chi connectivity index (χ1n) is 9.88. The van der Waals surface area contributed by atoms with Crippen molar-refractivity contribution in [3.8, 4) is 5.75 Å². The van der Waals surface area contributed by atoms with Crippen LogP contribution < -0.4 is 10.1 Å². The van der Waals surface area contributed by atoms with Crippen LogP contribution in [0, 0.1) is 0 Å². The van der Waals surface area contributed by atoms with Gasteiger partial charge in [-0.15, -0.1) is 0 Å². The summed E-state index contributed by atoms with van der Waals surface area (Å²) in [5.41, 5.74) is 1.21. The van der Waals surface area contributed by atoms with Crippen LogP contribution in [0.3, 0.4) is 0 Å². The number of hydrogen-bond acceptors (Lipinski definition) is 3. The number of alkyl carbamates (subject to hydrolysis) is 1. The molecule has 1 aromatic carbocycles. The number of carbonyl (C=O) groups is 1. The van der Waals surface area contributed by atoms with Crippen LogP contribution in [0.2, 0.25) is 0 Å². The van der Waals surface area contributed by atoms with Gasteiger partial charge in [-0.05, 0) is 49.3 Å². The molecule has 2 fully saturated rings. The lowest BCUT2D eigenvalue weighted by atomic mass is 9.93. The maximum Gasteiger partial charge on any atom is 0.407 e. The fraction of sp³-hybridized carbons (Fsp3) is 0.667. The Kier molecular flexibility index (Phi) is 6.22. The third-order valence-electron chi connectivity index (χ3n) is 5.57. The van der Waals surface area contributed by atoms with Crippen LogP contribution >= 0.6 is 0 Å². The summed E-state index contributed by atoms with van der Waals surface area (Å²) in [5, 5.41) is 3.01. The molecule has 0 aromatic heterocycles. The fourth-order valence-corrected chi connectivity index (χ4v) is 4.06. The number of nitrogens with one attached hydrogen (secondary N) is 1. The molecular formula is C21H31NO3. The smallest absolute Gasteiger partial charge is 0.407 e. The van der Waals surface area contributed by atoms with Gasteiger partial charge < -0.3 is 14.8 Å². The molecule has 1 aliphatic carbocycles. The van der Waals surface area contributed by atoms with Crippen molar-refractivity contribution in [2.24, 2.45) is 0 Å². The van der Waals surface area contributed by atoms with Crippen molar-refractivity contribution in [2.75, 3.05) is 13.2 Å². The van der Waals surface area contributed by atoms with Crippen LogP contribution in [-0.4, -0.2) is 24.8 Å².